The summed E-state index contributed by atoms with van der Waals surface area (Å²) in [6, 6.07) is 9.36. The van der Waals surface area contributed by atoms with Crippen molar-refractivity contribution >= 4 is 39.2 Å². The molecule has 0 saturated heterocycles. The van der Waals surface area contributed by atoms with E-state index in [1.807, 2.05) is 6.07 Å². The van der Waals surface area contributed by atoms with Crippen LogP contribution in [0.5, 0.6) is 5.75 Å². The minimum Gasteiger partial charge on any atom is -0.481 e. The number of benzene rings is 2. The molecule has 0 spiro atoms. The van der Waals surface area contributed by atoms with Gasteiger partial charge in [0.25, 0.3) is 0 Å². The highest BCUT2D eigenvalue weighted by atomic mass is 32.2. The Kier molecular flexibility index (Phi) is 10.4. The second-order valence-electron chi connectivity index (χ2n) is 8.62. The summed E-state index contributed by atoms with van der Waals surface area (Å²) in [5.41, 5.74) is -1.66. The van der Waals surface area contributed by atoms with Crippen LogP contribution < -0.4 is 4.74 Å². The smallest absolute Gasteiger partial charge is 0.420 e. The first kappa shape index (κ1) is 30.1. The van der Waals surface area contributed by atoms with Crippen molar-refractivity contribution < 1.29 is 40.6 Å². The van der Waals surface area contributed by atoms with Crippen LogP contribution in [-0.2, 0) is 21.9 Å². The molecule has 0 aliphatic heterocycles. The number of halogens is 6. The minimum atomic E-state index is -4.67. The fraction of sp³-hybridized carbons (Fsp3) is 0.444. The van der Waals surface area contributed by atoms with Gasteiger partial charge >= 0.3 is 18.3 Å². The van der Waals surface area contributed by atoms with E-state index in [1.165, 1.54) is 47.4 Å². The van der Waals surface area contributed by atoms with E-state index in [2.05, 4.69) is 6.92 Å². The third-order valence-electron chi connectivity index (χ3n) is 5.82. The normalized spacial score (nSPS) is 13.1. The lowest BCUT2D eigenvalue weighted by Gasteiger charge is -2.16. The summed E-state index contributed by atoms with van der Waals surface area (Å²) >= 11 is 2.61. The van der Waals surface area contributed by atoms with Gasteiger partial charge in [0.15, 0.2) is 6.61 Å². The summed E-state index contributed by atoms with van der Waals surface area (Å²) < 4.78 is 90.6. The van der Waals surface area contributed by atoms with Crippen LogP contribution in [0.25, 0.3) is 10.1 Å². The van der Waals surface area contributed by atoms with Crippen LogP contribution >= 0.6 is 23.1 Å². The Bertz CT molecular complexity index is 1220. The summed E-state index contributed by atoms with van der Waals surface area (Å²) in [5.74, 6) is -0.590. The lowest BCUT2D eigenvalue weighted by atomic mass is 9.97. The topological polar surface area (TPSA) is 35.5 Å². The number of alkyl halides is 6. The number of carbonyl (C=O) groups excluding carboxylic acids is 1. The maximum Gasteiger partial charge on any atom is 0.420 e. The van der Waals surface area contributed by atoms with Crippen LogP contribution in [0.4, 0.5) is 26.3 Å². The van der Waals surface area contributed by atoms with Crippen LogP contribution in [0.2, 0.25) is 0 Å². The van der Waals surface area contributed by atoms with Crippen LogP contribution in [0.15, 0.2) is 47.4 Å². The molecule has 3 nitrogen and oxygen atoms in total. The van der Waals surface area contributed by atoms with E-state index < -0.39 is 41.8 Å². The SMILES string of the molecule is CCCCC(CCSc1ccc(OCC(=O)OCC)c(C(F)(F)F)c1)c1cc2ccc(C(F)(F)F)cc2s1. The first-order valence-corrected chi connectivity index (χ1v) is 14.0. The van der Waals surface area contributed by atoms with Gasteiger partial charge in [0.1, 0.15) is 5.75 Å². The summed E-state index contributed by atoms with van der Waals surface area (Å²) in [6.45, 7) is 3.11. The second kappa shape index (κ2) is 13.1. The quantitative estimate of drug-likeness (QED) is 0.122. The Labute approximate surface area is 225 Å². The molecule has 0 saturated carbocycles. The van der Waals surface area contributed by atoms with E-state index in [-0.39, 0.29) is 12.5 Å². The number of unbranched alkanes of at least 4 members (excludes halogenated alkanes) is 1. The highest BCUT2D eigenvalue weighted by Gasteiger charge is 2.35. The van der Waals surface area contributed by atoms with Gasteiger partial charge in [-0.25, -0.2) is 4.79 Å². The van der Waals surface area contributed by atoms with Crippen molar-refractivity contribution in [3.8, 4) is 5.75 Å². The van der Waals surface area contributed by atoms with E-state index in [1.54, 1.807) is 6.92 Å². The molecule has 1 heterocycles. The van der Waals surface area contributed by atoms with Crippen LogP contribution in [-0.4, -0.2) is 24.9 Å². The van der Waals surface area contributed by atoms with E-state index in [0.29, 0.717) is 21.8 Å². The van der Waals surface area contributed by atoms with E-state index in [9.17, 15) is 31.1 Å². The molecule has 1 aromatic heterocycles. The fourth-order valence-corrected chi connectivity index (χ4v) is 6.19. The molecule has 0 fully saturated rings. The van der Waals surface area contributed by atoms with Gasteiger partial charge in [-0.2, -0.15) is 26.3 Å². The largest absolute Gasteiger partial charge is 0.481 e. The molecule has 0 bridgehead atoms. The van der Waals surface area contributed by atoms with Gasteiger partial charge in [-0.05, 0) is 73.2 Å². The molecule has 2 aromatic carbocycles. The third kappa shape index (κ3) is 8.30. The molecule has 1 unspecified atom stereocenters. The molecular formula is C27H28F6O3S2. The van der Waals surface area contributed by atoms with Crippen molar-refractivity contribution in [2.24, 2.45) is 0 Å². The maximum absolute atomic E-state index is 13.6. The van der Waals surface area contributed by atoms with Gasteiger partial charge in [-0.1, -0.05) is 25.8 Å². The molecule has 38 heavy (non-hydrogen) atoms. The lowest BCUT2D eigenvalue weighted by Crippen LogP contribution is -2.17. The Morgan fingerprint density at radius 2 is 1.74 bits per heavy atom. The van der Waals surface area contributed by atoms with Gasteiger partial charge < -0.3 is 9.47 Å². The molecule has 3 rings (SSSR count). The van der Waals surface area contributed by atoms with Crippen LogP contribution in [0.1, 0.15) is 61.5 Å². The Morgan fingerprint density at radius 3 is 2.39 bits per heavy atom. The minimum absolute atomic E-state index is 0.0865. The number of rotatable bonds is 12. The van der Waals surface area contributed by atoms with Crippen LogP contribution in [0.3, 0.4) is 0 Å². The van der Waals surface area contributed by atoms with Crippen molar-refractivity contribution in [2.75, 3.05) is 19.0 Å². The zero-order valence-electron chi connectivity index (χ0n) is 20.9. The number of hydrogen-bond acceptors (Lipinski definition) is 5. The molecule has 0 aliphatic carbocycles. The number of fused-ring (bicyclic) bond motifs is 1. The second-order valence-corrected chi connectivity index (χ2v) is 10.9. The molecule has 0 amide bonds. The van der Waals surface area contributed by atoms with E-state index in [0.717, 1.165) is 41.7 Å². The molecule has 3 aromatic rings. The maximum atomic E-state index is 13.6. The highest BCUT2D eigenvalue weighted by molar-refractivity contribution is 7.99. The molecular weight excluding hydrogens is 550 g/mol. The lowest BCUT2D eigenvalue weighted by molar-refractivity contribution is -0.147. The monoisotopic (exact) mass is 578 g/mol. The molecule has 0 aliphatic rings. The number of ether oxygens (including phenoxy) is 2. The van der Waals surface area contributed by atoms with Crippen LogP contribution in [0, 0.1) is 0 Å². The van der Waals surface area contributed by atoms with E-state index >= 15 is 0 Å². The molecule has 11 heteroatoms. The highest BCUT2D eigenvalue weighted by Crippen LogP contribution is 2.41. The van der Waals surface area contributed by atoms with Gasteiger partial charge in [0, 0.05) is 14.5 Å². The van der Waals surface area contributed by atoms with Crippen molar-refractivity contribution in [1.82, 2.24) is 0 Å². The summed E-state index contributed by atoms with van der Waals surface area (Å²) in [4.78, 5) is 12.9. The first-order valence-electron chi connectivity index (χ1n) is 12.2. The zero-order valence-corrected chi connectivity index (χ0v) is 22.5. The molecule has 1 atom stereocenters. The average molecular weight is 579 g/mol. The fourth-order valence-electron chi connectivity index (χ4n) is 3.91. The third-order valence-corrected chi connectivity index (χ3v) is 8.10. The summed E-state index contributed by atoms with van der Waals surface area (Å²) in [5, 5.41) is 0.750. The Balaban J connectivity index is 1.72. The first-order chi connectivity index (χ1) is 17.9. The number of esters is 1. The molecule has 208 valence electrons. The van der Waals surface area contributed by atoms with Crippen molar-refractivity contribution in [3.05, 3.63) is 58.5 Å². The standard InChI is InChI=1S/C27H28F6O3S2/c1-3-5-6-17(23-13-18-7-8-19(26(28,29)30)14-24(18)38-23)11-12-37-20-9-10-22(21(15-20)27(31,32)33)36-16-25(34)35-4-2/h7-10,13-15,17H,3-6,11-12,16H2,1-2H3. The number of hydrogen-bond donors (Lipinski definition) is 0. The zero-order chi connectivity index (χ0) is 27.9. The van der Waals surface area contributed by atoms with Crippen molar-refractivity contribution in [1.29, 1.82) is 0 Å². The molecule has 0 radical (unpaired) electrons. The van der Waals surface area contributed by atoms with Crippen molar-refractivity contribution in [3.63, 3.8) is 0 Å². The molecule has 0 N–H and O–H groups in total. The predicted octanol–water partition coefficient (Wildman–Crippen LogP) is 9.34. The van der Waals surface area contributed by atoms with E-state index in [4.69, 9.17) is 9.47 Å². The number of thiophene rings is 1. The number of carbonyl (C=O) groups is 1. The summed E-state index contributed by atoms with van der Waals surface area (Å²) in [6.07, 6.45) is -5.70. The van der Waals surface area contributed by atoms with Gasteiger partial charge in [-0.3, -0.25) is 0 Å². The average Bonchev–Trinajstić information content (AvgIpc) is 3.27. The summed E-state index contributed by atoms with van der Waals surface area (Å²) in [7, 11) is 0. The number of thioether (sulfide) groups is 1. The van der Waals surface area contributed by atoms with Gasteiger partial charge in [-0.15, -0.1) is 23.1 Å². The Morgan fingerprint density at radius 1 is 0.974 bits per heavy atom. The predicted molar refractivity (Wildman–Crippen MR) is 138 cm³/mol. The van der Waals surface area contributed by atoms with Gasteiger partial charge in [0.05, 0.1) is 17.7 Å². The Hall–Kier alpha value is -2.40. The van der Waals surface area contributed by atoms with Gasteiger partial charge in [0.2, 0.25) is 0 Å². The van der Waals surface area contributed by atoms with Crippen molar-refractivity contribution in [2.45, 2.75) is 62.7 Å².